The Morgan fingerprint density at radius 2 is 2.00 bits per heavy atom. The Kier molecular flexibility index (Phi) is 4.20. The third kappa shape index (κ3) is 3.17. The lowest BCUT2D eigenvalue weighted by atomic mass is 10.2. The number of aromatic nitrogens is 1. The monoisotopic (exact) mass is 315 g/mol. The van der Waals surface area contributed by atoms with Crippen LogP contribution in [0, 0.1) is 0 Å². The Balaban J connectivity index is 1.58. The Bertz CT molecular complexity index is 675. The molecule has 0 saturated heterocycles. The number of hydrogen-bond acceptors (Lipinski definition) is 4. The van der Waals surface area contributed by atoms with E-state index in [9.17, 15) is 9.59 Å². The van der Waals surface area contributed by atoms with Crippen LogP contribution >= 0.6 is 11.3 Å². The first-order valence-corrected chi connectivity index (χ1v) is 8.10. The van der Waals surface area contributed by atoms with Crippen LogP contribution < -0.4 is 10.6 Å². The standard InChI is InChI=1S/C16H17N3O2S/c1-10(17-15(21)11-6-3-2-4-7-11)14(20)19-16-18-12-8-5-9-13(12)22-16/h2-4,6-7,10H,5,8-9H2,1H3,(H,17,21)(H,18,19,20). The molecule has 0 radical (unpaired) electrons. The normalized spacial score (nSPS) is 14.2. The van der Waals surface area contributed by atoms with E-state index in [4.69, 9.17) is 0 Å². The molecule has 3 rings (SSSR count). The number of nitrogens with one attached hydrogen (secondary N) is 2. The molecule has 2 aromatic rings. The number of rotatable bonds is 4. The summed E-state index contributed by atoms with van der Waals surface area (Å²) >= 11 is 1.53. The van der Waals surface area contributed by atoms with Crippen LogP contribution in [-0.2, 0) is 17.6 Å². The highest BCUT2D eigenvalue weighted by Crippen LogP contribution is 2.30. The van der Waals surface area contributed by atoms with E-state index in [2.05, 4.69) is 15.6 Å². The van der Waals surface area contributed by atoms with Gasteiger partial charge >= 0.3 is 0 Å². The van der Waals surface area contributed by atoms with Gasteiger partial charge in [-0.2, -0.15) is 0 Å². The van der Waals surface area contributed by atoms with Gasteiger partial charge in [-0.3, -0.25) is 9.59 Å². The van der Waals surface area contributed by atoms with Gasteiger partial charge in [0.15, 0.2) is 5.13 Å². The van der Waals surface area contributed by atoms with Crippen molar-refractivity contribution in [3.8, 4) is 0 Å². The summed E-state index contributed by atoms with van der Waals surface area (Å²) in [6, 6.07) is 8.23. The minimum atomic E-state index is -0.619. The number of carbonyl (C=O) groups is 2. The summed E-state index contributed by atoms with van der Waals surface area (Å²) in [6.45, 7) is 1.66. The summed E-state index contributed by atoms with van der Waals surface area (Å²) in [5, 5.41) is 6.09. The fourth-order valence-corrected chi connectivity index (χ4v) is 3.45. The maximum atomic E-state index is 12.1. The molecule has 2 amide bonds. The molecule has 1 atom stereocenters. The van der Waals surface area contributed by atoms with Crippen molar-refractivity contribution < 1.29 is 9.59 Å². The van der Waals surface area contributed by atoms with Gasteiger partial charge in [0.1, 0.15) is 6.04 Å². The van der Waals surface area contributed by atoms with Crippen molar-refractivity contribution in [3.63, 3.8) is 0 Å². The molecule has 5 nitrogen and oxygen atoms in total. The summed E-state index contributed by atoms with van der Waals surface area (Å²) in [5.74, 6) is -0.512. The number of benzene rings is 1. The molecule has 6 heteroatoms. The van der Waals surface area contributed by atoms with Crippen LogP contribution in [0.2, 0.25) is 0 Å². The average Bonchev–Trinajstić information content (AvgIpc) is 3.09. The first-order chi connectivity index (χ1) is 10.6. The molecule has 1 aliphatic rings. The van der Waals surface area contributed by atoms with E-state index in [1.807, 2.05) is 6.07 Å². The van der Waals surface area contributed by atoms with Crippen LogP contribution in [0.5, 0.6) is 0 Å². The summed E-state index contributed by atoms with van der Waals surface area (Å²) in [4.78, 5) is 29.9. The molecule has 22 heavy (non-hydrogen) atoms. The zero-order valence-electron chi connectivity index (χ0n) is 12.3. The number of nitrogens with zero attached hydrogens (tertiary/aromatic N) is 1. The zero-order chi connectivity index (χ0) is 15.5. The Morgan fingerprint density at radius 3 is 2.73 bits per heavy atom. The van der Waals surface area contributed by atoms with Crippen LogP contribution in [0.25, 0.3) is 0 Å². The molecule has 1 unspecified atom stereocenters. The molecule has 0 saturated carbocycles. The number of amides is 2. The molecular formula is C16H17N3O2S. The lowest BCUT2D eigenvalue weighted by Gasteiger charge is -2.13. The Morgan fingerprint density at radius 1 is 1.23 bits per heavy atom. The van der Waals surface area contributed by atoms with E-state index in [1.165, 1.54) is 16.2 Å². The van der Waals surface area contributed by atoms with E-state index >= 15 is 0 Å². The molecule has 114 valence electrons. The van der Waals surface area contributed by atoms with Gasteiger partial charge in [-0.05, 0) is 38.3 Å². The largest absolute Gasteiger partial charge is 0.341 e. The predicted octanol–water partition coefficient (Wildman–Crippen LogP) is 2.39. The lowest BCUT2D eigenvalue weighted by Crippen LogP contribution is -2.41. The molecule has 1 heterocycles. The van der Waals surface area contributed by atoms with Gasteiger partial charge in [-0.1, -0.05) is 18.2 Å². The van der Waals surface area contributed by atoms with Gasteiger partial charge in [0.25, 0.3) is 5.91 Å². The SMILES string of the molecule is CC(NC(=O)c1ccccc1)C(=O)Nc1nc2c(s1)CCC2. The first-order valence-electron chi connectivity index (χ1n) is 7.29. The first kappa shape index (κ1) is 14.7. The molecule has 1 aliphatic carbocycles. The molecular weight excluding hydrogens is 298 g/mol. The third-order valence-corrected chi connectivity index (χ3v) is 4.68. The van der Waals surface area contributed by atoms with Crippen molar-refractivity contribution in [1.29, 1.82) is 0 Å². The number of fused-ring (bicyclic) bond motifs is 1. The zero-order valence-corrected chi connectivity index (χ0v) is 13.1. The van der Waals surface area contributed by atoms with E-state index in [1.54, 1.807) is 31.2 Å². The number of aryl methyl sites for hydroxylation is 2. The molecule has 0 aliphatic heterocycles. The second-order valence-electron chi connectivity index (χ2n) is 5.29. The van der Waals surface area contributed by atoms with Crippen LogP contribution in [0.3, 0.4) is 0 Å². The topological polar surface area (TPSA) is 71.1 Å². The smallest absolute Gasteiger partial charge is 0.251 e. The maximum Gasteiger partial charge on any atom is 0.251 e. The van der Waals surface area contributed by atoms with Crippen molar-refractivity contribution >= 4 is 28.3 Å². The van der Waals surface area contributed by atoms with Gasteiger partial charge in [-0.25, -0.2) is 4.98 Å². The van der Waals surface area contributed by atoms with Gasteiger partial charge in [0, 0.05) is 10.4 Å². The molecule has 0 bridgehead atoms. The fraction of sp³-hybridized carbons (Fsp3) is 0.312. The summed E-state index contributed by atoms with van der Waals surface area (Å²) in [5.41, 5.74) is 1.64. The highest BCUT2D eigenvalue weighted by molar-refractivity contribution is 7.15. The molecule has 0 fully saturated rings. The summed E-state index contributed by atoms with van der Waals surface area (Å²) < 4.78 is 0. The van der Waals surface area contributed by atoms with Gasteiger partial charge < -0.3 is 10.6 Å². The molecule has 1 aromatic carbocycles. The van der Waals surface area contributed by atoms with Crippen LogP contribution in [0.4, 0.5) is 5.13 Å². The highest BCUT2D eigenvalue weighted by atomic mass is 32.1. The van der Waals surface area contributed by atoms with Crippen LogP contribution in [0.15, 0.2) is 30.3 Å². The van der Waals surface area contributed by atoms with Crippen molar-refractivity contribution in [2.24, 2.45) is 0 Å². The van der Waals surface area contributed by atoms with Crippen LogP contribution in [-0.4, -0.2) is 22.8 Å². The van der Waals surface area contributed by atoms with Crippen molar-refractivity contribution in [1.82, 2.24) is 10.3 Å². The fourth-order valence-electron chi connectivity index (χ4n) is 2.39. The lowest BCUT2D eigenvalue weighted by molar-refractivity contribution is -0.117. The van der Waals surface area contributed by atoms with Gasteiger partial charge in [0.05, 0.1) is 5.69 Å². The van der Waals surface area contributed by atoms with Gasteiger partial charge in [-0.15, -0.1) is 11.3 Å². The number of anilines is 1. The minimum Gasteiger partial charge on any atom is -0.341 e. The maximum absolute atomic E-state index is 12.1. The quantitative estimate of drug-likeness (QED) is 0.910. The van der Waals surface area contributed by atoms with Crippen LogP contribution in [0.1, 0.15) is 34.3 Å². The van der Waals surface area contributed by atoms with E-state index < -0.39 is 6.04 Å². The highest BCUT2D eigenvalue weighted by Gasteiger charge is 2.21. The second kappa shape index (κ2) is 6.27. The number of hydrogen-bond donors (Lipinski definition) is 2. The summed E-state index contributed by atoms with van der Waals surface area (Å²) in [6.07, 6.45) is 3.18. The minimum absolute atomic E-state index is 0.253. The molecule has 2 N–H and O–H groups in total. The molecule has 0 spiro atoms. The van der Waals surface area contributed by atoms with Crippen molar-refractivity contribution in [2.45, 2.75) is 32.2 Å². The van der Waals surface area contributed by atoms with E-state index in [0.717, 1.165) is 25.0 Å². The molecule has 1 aromatic heterocycles. The predicted molar refractivity (Wildman–Crippen MR) is 86.1 cm³/mol. The average molecular weight is 315 g/mol. The van der Waals surface area contributed by atoms with Crippen molar-refractivity contribution in [3.05, 3.63) is 46.5 Å². The Labute approximate surface area is 132 Å². The van der Waals surface area contributed by atoms with E-state index in [0.29, 0.717) is 10.7 Å². The third-order valence-electron chi connectivity index (χ3n) is 3.60. The van der Waals surface area contributed by atoms with Gasteiger partial charge in [0.2, 0.25) is 5.91 Å². The number of carbonyl (C=O) groups excluding carboxylic acids is 2. The Hall–Kier alpha value is -2.21. The van der Waals surface area contributed by atoms with E-state index in [-0.39, 0.29) is 11.8 Å². The second-order valence-corrected chi connectivity index (χ2v) is 6.38. The summed E-state index contributed by atoms with van der Waals surface area (Å²) in [7, 11) is 0. The number of thiazole rings is 1. The van der Waals surface area contributed by atoms with Crippen molar-refractivity contribution in [2.75, 3.05) is 5.32 Å².